The highest BCUT2D eigenvalue weighted by Gasteiger charge is 2.23. The largest absolute Gasteiger partial charge is 0.493 e. The van der Waals surface area contributed by atoms with Crippen LogP contribution in [0.5, 0.6) is 17.2 Å². The number of rotatable bonds is 7. The minimum atomic E-state index is -0.326. The number of hydrogen-bond donors (Lipinski definition) is 1. The number of carbonyl (C=O) groups is 1. The van der Waals surface area contributed by atoms with Crippen LogP contribution in [0, 0.1) is 0 Å². The molecule has 0 unspecified atom stereocenters. The van der Waals surface area contributed by atoms with E-state index in [1.54, 1.807) is 45.4 Å². The van der Waals surface area contributed by atoms with E-state index in [2.05, 4.69) is 5.32 Å². The first-order valence-corrected chi connectivity index (χ1v) is 9.04. The molecule has 2 aromatic carbocycles. The number of nitrogens with one attached hydrogen (secondary N) is 1. The van der Waals surface area contributed by atoms with Crippen molar-refractivity contribution < 1.29 is 23.7 Å². The van der Waals surface area contributed by atoms with Gasteiger partial charge >= 0.3 is 5.97 Å². The molecule has 6 heteroatoms. The molecule has 2 aromatic rings. The first-order valence-electron chi connectivity index (χ1n) is 9.04. The monoisotopic (exact) mass is 371 g/mol. The van der Waals surface area contributed by atoms with Gasteiger partial charge in [-0.1, -0.05) is 0 Å². The van der Waals surface area contributed by atoms with Gasteiger partial charge in [0.1, 0.15) is 12.4 Å². The van der Waals surface area contributed by atoms with Gasteiger partial charge in [-0.3, -0.25) is 0 Å². The Balaban J connectivity index is 1.70. The molecule has 0 amide bonds. The molecule has 0 saturated carbocycles. The summed E-state index contributed by atoms with van der Waals surface area (Å²) in [7, 11) is 3.28. The molecule has 1 N–H and O–H groups in total. The quantitative estimate of drug-likeness (QED) is 0.755. The molecule has 0 fully saturated rings. The summed E-state index contributed by atoms with van der Waals surface area (Å²) in [6, 6.07) is 11.1. The van der Waals surface area contributed by atoms with Gasteiger partial charge in [-0.15, -0.1) is 0 Å². The molecule has 0 aromatic heterocycles. The summed E-state index contributed by atoms with van der Waals surface area (Å²) < 4.78 is 21.8. The van der Waals surface area contributed by atoms with E-state index in [1.165, 1.54) is 5.56 Å². The lowest BCUT2D eigenvalue weighted by Gasteiger charge is -2.28. The van der Waals surface area contributed by atoms with E-state index in [-0.39, 0.29) is 12.0 Å². The zero-order chi connectivity index (χ0) is 19.2. The van der Waals surface area contributed by atoms with Crippen LogP contribution in [0.3, 0.4) is 0 Å². The Hall–Kier alpha value is -2.73. The molecule has 3 rings (SSSR count). The molecule has 1 aliphatic heterocycles. The average molecular weight is 371 g/mol. The van der Waals surface area contributed by atoms with Crippen molar-refractivity contribution in [1.29, 1.82) is 0 Å². The van der Waals surface area contributed by atoms with E-state index >= 15 is 0 Å². The number of esters is 1. The van der Waals surface area contributed by atoms with Gasteiger partial charge in [0.2, 0.25) is 0 Å². The molecule has 1 atom stereocenters. The maximum absolute atomic E-state index is 11.7. The Morgan fingerprint density at radius 1 is 1.11 bits per heavy atom. The van der Waals surface area contributed by atoms with Crippen LogP contribution in [0.15, 0.2) is 36.4 Å². The van der Waals surface area contributed by atoms with Crippen LogP contribution >= 0.6 is 0 Å². The minimum Gasteiger partial charge on any atom is -0.493 e. The van der Waals surface area contributed by atoms with Gasteiger partial charge in [0, 0.05) is 0 Å². The van der Waals surface area contributed by atoms with Gasteiger partial charge in [-0.2, -0.15) is 0 Å². The maximum atomic E-state index is 11.7. The van der Waals surface area contributed by atoms with Gasteiger partial charge in [-0.25, -0.2) is 4.79 Å². The van der Waals surface area contributed by atoms with E-state index in [1.807, 2.05) is 12.1 Å². The van der Waals surface area contributed by atoms with Gasteiger partial charge in [0.05, 0.1) is 32.4 Å². The second-order valence-electron chi connectivity index (χ2n) is 6.22. The summed E-state index contributed by atoms with van der Waals surface area (Å²) in [6.45, 7) is 3.49. The van der Waals surface area contributed by atoms with Gasteiger partial charge in [-0.05, 0) is 67.4 Å². The maximum Gasteiger partial charge on any atom is 0.338 e. The summed E-state index contributed by atoms with van der Waals surface area (Å²) >= 11 is 0. The normalized spacial score (nSPS) is 15.6. The molecule has 0 spiro atoms. The molecular weight excluding hydrogens is 346 g/mol. The molecule has 1 aliphatic rings. The fourth-order valence-corrected chi connectivity index (χ4v) is 3.20. The number of methoxy groups -OCH3 is 2. The topological polar surface area (TPSA) is 66.0 Å². The molecule has 144 valence electrons. The van der Waals surface area contributed by atoms with Crippen LogP contribution in [0.25, 0.3) is 0 Å². The summed E-state index contributed by atoms with van der Waals surface area (Å²) in [5, 5.41) is 3.49. The van der Waals surface area contributed by atoms with Crippen molar-refractivity contribution in [2.45, 2.75) is 19.4 Å². The lowest BCUT2D eigenvalue weighted by Crippen LogP contribution is -2.33. The smallest absolute Gasteiger partial charge is 0.338 e. The second kappa shape index (κ2) is 8.77. The lowest BCUT2D eigenvalue weighted by molar-refractivity contribution is 0.0526. The molecule has 1 heterocycles. The highest BCUT2D eigenvalue weighted by molar-refractivity contribution is 5.89. The van der Waals surface area contributed by atoms with Gasteiger partial charge < -0.3 is 24.3 Å². The van der Waals surface area contributed by atoms with Crippen molar-refractivity contribution >= 4 is 5.97 Å². The van der Waals surface area contributed by atoms with E-state index in [9.17, 15) is 4.79 Å². The number of benzene rings is 2. The molecule has 0 bridgehead atoms. The summed E-state index contributed by atoms with van der Waals surface area (Å²) in [6.07, 6.45) is 0.931. The summed E-state index contributed by atoms with van der Waals surface area (Å²) in [5.41, 5.74) is 2.90. The fourth-order valence-electron chi connectivity index (χ4n) is 3.20. The van der Waals surface area contributed by atoms with Crippen molar-refractivity contribution in [2.75, 3.05) is 34.0 Å². The fraction of sp³-hybridized carbons (Fsp3) is 0.381. The lowest BCUT2D eigenvalue weighted by atomic mass is 9.94. The average Bonchev–Trinajstić information content (AvgIpc) is 2.71. The number of fused-ring (bicyclic) bond motifs is 1. The van der Waals surface area contributed by atoms with Crippen molar-refractivity contribution in [1.82, 2.24) is 5.32 Å². The second-order valence-corrected chi connectivity index (χ2v) is 6.22. The van der Waals surface area contributed by atoms with Crippen LogP contribution in [-0.2, 0) is 11.2 Å². The van der Waals surface area contributed by atoms with E-state index in [0.717, 1.165) is 24.3 Å². The standard InChI is InChI=1S/C21H25NO5/c1-4-26-21(23)14-5-7-16(8-6-14)27-13-18-17-12-20(25-3)19(24-2)11-15(17)9-10-22-18/h5-8,11-12,18,22H,4,9-10,13H2,1-3H3/t18-/m1/s1. The van der Waals surface area contributed by atoms with Crippen LogP contribution in [0.1, 0.15) is 34.5 Å². The molecular formula is C21H25NO5. The van der Waals surface area contributed by atoms with E-state index in [4.69, 9.17) is 18.9 Å². The molecule has 6 nitrogen and oxygen atoms in total. The van der Waals surface area contributed by atoms with Crippen molar-refractivity contribution in [3.05, 3.63) is 53.1 Å². The zero-order valence-corrected chi connectivity index (χ0v) is 15.9. The Kier molecular flexibility index (Phi) is 6.19. The zero-order valence-electron chi connectivity index (χ0n) is 15.9. The van der Waals surface area contributed by atoms with Gasteiger partial charge in [0.15, 0.2) is 11.5 Å². The van der Waals surface area contributed by atoms with E-state index < -0.39 is 0 Å². The van der Waals surface area contributed by atoms with Crippen LogP contribution in [0.2, 0.25) is 0 Å². The number of hydrogen-bond acceptors (Lipinski definition) is 6. The Morgan fingerprint density at radius 3 is 2.48 bits per heavy atom. The molecule has 0 radical (unpaired) electrons. The highest BCUT2D eigenvalue weighted by Crippen LogP contribution is 2.35. The number of ether oxygens (including phenoxy) is 4. The predicted molar refractivity (Wildman–Crippen MR) is 102 cm³/mol. The van der Waals surface area contributed by atoms with E-state index in [0.29, 0.717) is 30.3 Å². The Bertz CT molecular complexity index is 788. The van der Waals surface area contributed by atoms with Crippen molar-refractivity contribution in [3.8, 4) is 17.2 Å². The molecule has 0 aliphatic carbocycles. The summed E-state index contributed by atoms with van der Waals surface area (Å²) in [4.78, 5) is 11.7. The molecule has 0 saturated heterocycles. The van der Waals surface area contributed by atoms with Gasteiger partial charge in [0.25, 0.3) is 0 Å². The summed E-state index contributed by atoms with van der Waals surface area (Å²) in [5.74, 6) is 1.83. The van der Waals surface area contributed by atoms with Crippen LogP contribution in [0.4, 0.5) is 0 Å². The Labute approximate surface area is 159 Å². The minimum absolute atomic E-state index is 0.0540. The number of carbonyl (C=O) groups excluding carboxylic acids is 1. The SMILES string of the molecule is CCOC(=O)c1ccc(OC[C@H]2NCCc3cc(OC)c(OC)cc32)cc1. The predicted octanol–water partition coefficient (Wildman–Crippen LogP) is 3.15. The third-order valence-corrected chi connectivity index (χ3v) is 4.59. The highest BCUT2D eigenvalue weighted by atomic mass is 16.5. The third-order valence-electron chi connectivity index (χ3n) is 4.59. The first kappa shape index (κ1) is 19.0. The van der Waals surface area contributed by atoms with Crippen LogP contribution < -0.4 is 19.5 Å². The first-order chi connectivity index (χ1) is 13.2. The van der Waals surface area contributed by atoms with Crippen molar-refractivity contribution in [3.63, 3.8) is 0 Å². The van der Waals surface area contributed by atoms with Crippen LogP contribution in [-0.4, -0.2) is 39.9 Å². The molecule has 27 heavy (non-hydrogen) atoms. The third kappa shape index (κ3) is 4.34. The van der Waals surface area contributed by atoms with Crippen molar-refractivity contribution in [2.24, 2.45) is 0 Å². The Morgan fingerprint density at radius 2 is 1.81 bits per heavy atom.